The van der Waals surface area contributed by atoms with Gasteiger partial charge in [-0.3, -0.25) is 14.7 Å². The number of hydrogen-bond donors (Lipinski definition) is 2. The summed E-state index contributed by atoms with van der Waals surface area (Å²) in [7, 11) is -3.39. The lowest BCUT2D eigenvalue weighted by Crippen LogP contribution is -2.43. The Labute approximate surface area is 175 Å². The van der Waals surface area contributed by atoms with Gasteiger partial charge in [-0.1, -0.05) is 18.2 Å². The first-order valence-electron chi connectivity index (χ1n) is 9.34. The summed E-state index contributed by atoms with van der Waals surface area (Å²) in [4.78, 5) is 8.79. The Balaban J connectivity index is 1.90. The highest BCUT2D eigenvalue weighted by Gasteiger charge is 2.46. The zero-order valence-corrected chi connectivity index (χ0v) is 17.3. The summed E-state index contributed by atoms with van der Waals surface area (Å²) in [6.45, 7) is 1.91. The molecule has 0 bridgehead atoms. The molecule has 4 rings (SSSR count). The van der Waals surface area contributed by atoms with Crippen molar-refractivity contribution in [3.8, 4) is 0 Å². The fourth-order valence-corrected chi connectivity index (χ4v) is 4.56. The van der Waals surface area contributed by atoms with E-state index in [4.69, 9.17) is 0 Å². The predicted molar refractivity (Wildman–Crippen MR) is 115 cm³/mol. The van der Waals surface area contributed by atoms with Crippen LogP contribution in [0.4, 0.5) is 10.1 Å². The molecular formula is C22H21FN4O2S. The molecule has 0 amide bonds. The van der Waals surface area contributed by atoms with Crippen LogP contribution in [0, 0.1) is 12.7 Å². The standard InChI is InChI=1S/C22H21FN4O2S/c1-15-13-19(27-30(2,28)29)7-8-20(15)22(17-3-5-18(23)6-4-17)21(25-14-26-22)16-9-11-24-12-10-16/h3-14,21,27H,1-2H3,(H,25,26). The fourth-order valence-electron chi connectivity index (χ4n) is 4.00. The lowest BCUT2D eigenvalue weighted by Gasteiger charge is -2.37. The zero-order valence-electron chi connectivity index (χ0n) is 16.5. The number of halogens is 1. The number of nitrogens with one attached hydrogen (secondary N) is 2. The molecule has 0 fully saturated rings. The highest BCUT2D eigenvalue weighted by Crippen LogP contribution is 2.46. The zero-order chi connectivity index (χ0) is 21.4. The van der Waals surface area contributed by atoms with Gasteiger partial charge in [-0.15, -0.1) is 0 Å². The number of pyridine rings is 1. The van der Waals surface area contributed by atoms with Gasteiger partial charge in [0.1, 0.15) is 17.4 Å². The smallest absolute Gasteiger partial charge is 0.229 e. The van der Waals surface area contributed by atoms with Crippen molar-refractivity contribution in [1.82, 2.24) is 10.3 Å². The van der Waals surface area contributed by atoms with Crippen molar-refractivity contribution in [1.29, 1.82) is 0 Å². The number of aryl methyl sites for hydroxylation is 1. The van der Waals surface area contributed by atoms with Gasteiger partial charge in [-0.2, -0.15) is 0 Å². The summed E-state index contributed by atoms with van der Waals surface area (Å²) in [5, 5.41) is 3.41. The van der Waals surface area contributed by atoms with E-state index in [1.165, 1.54) is 12.1 Å². The van der Waals surface area contributed by atoms with Gasteiger partial charge in [0.15, 0.2) is 0 Å². The molecule has 2 atom stereocenters. The Kier molecular flexibility index (Phi) is 5.03. The Morgan fingerprint density at radius 3 is 2.40 bits per heavy atom. The van der Waals surface area contributed by atoms with Crippen molar-refractivity contribution >= 4 is 22.0 Å². The van der Waals surface area contributed by atoms with E-state index in [0.717, 1.165) is 28.5 Å². The fraction of sp³-hybridized carbons (Fsp3) is 0.182. The van der Waals surface area contributed by atoms with Crippen LogP contribution in [0.3, 0.4) is 0 Å². The molecule has 1 aliphatic rings. The van der Waals surface area contributed by atoms with E-state index in [-0.39, 0.29) is 11.9 Å². The van der Waals surface area contributed by atoms with Crippen molar-refractivity contribution in [2.45, 2.75) is 18.5 Å². The van der Waals surface area contributed by atoms with Crippen LogP contribution in [0.1, 0.15) is 28.3 Å². The van der Waals surface area contributed by atoms with Gasteiger partial charge in [0.25, 0.3) is 0 Å². The molecule has 0 saturated carbocycles. The first-order valence-corrected chi connectivity index (χ1v) is 11.2. The van der Waals surface area contributed by atoms with Gasteiger partial charge >= 0.3 is 0 Å². The van der Waals surface area contributed by atoms with E-state index in [1.54, 1.807) is 43.0 Å². The van der Waals surface area contributed by atoms with E-state index in [2.05, 4.69) is 20.0 Å². The maximum absolute atomic E-state index is 13.7. The highest BCUT2D eigenvalue weighted by atomic mass is 32.2. The van der Waals surface area contributed by atoms with Crippen molar-refractivity contribution in [3.05, 3.63) is 95.1 Å². The maximum Gasteiger partial charge on any atom is 0.229 e. The summed E-state index contributed by atoms with van der Waals surface area (Å²) in [6, 6.07) is 15.2. The average molecular weight is 425 g/mol. The van der Waals surface area contributed by atoms with E-state index in [0.29, 0.717) is 5.69 Å². The Morgan fingerprint density at radius 2 is 1.77 bits per heavy atom. The van der Waals surface area contributed by atoms with Gasteiger partial charge in [-0.05, 0) is 65.6 Å². The van der Waals surface area contributed by atoms with Gasteiger partial charge in [0.2, 0.25) is 10.0 Å². The molecule has 0 spiro atoms. The first-order chi connectivity index (χ1) is 14.3. The normalized spacial score (nSPS) is 20.7. The summed E-state index contributed by atoms with van der Waals surface area (Å²) in [5.74, 6) is -0.322. The molecule has 1 aliphatic heterocycles. The molecule has 154 valence electrons. The molecule has 0 radical (unpaired) electrons. The second kappa shape index (κ2) is 7.53. The third-order valence-corrected chi connectivity index (χ3v) is 5.81. The SMILES string of the molecule is Cc1cc(NS(C)(=O)=O)ccc1C1(c2ccc(F)cc2)NC=NC1c1ccncc1. The van der Waals surface area contributed by atoms with Gasteiger partial charge in [0.05, 0.1) is 12.6 Å². The molecule has 1 aromatic heterocycles. The van der Waals surface area contributed by atoms with Crippen LogP contribution >= 0.6 is 0 Å². The summed E-state index contributed by atoms with van der Waals surface area (Å²) < 4.78 is 39.4. The molecule has 3 aromatic rings. The number of rotatable bonds is 5. The van der Waals surface area contributed by atoms with Gasteiger partial charge in [0, 0.05) is 18.1 Å². The highest BCUT2D eigenvalue weighted by molar-refractivity contribution is 7.92. The van der Waals surface area contributed by atoms with E-state index >= 15 is 0 Å². The molecule has 2 aromatic carbocycles. The van der Waals surface area contributed by atoms with E-state index in [9.17, 15) is 12.8 Å². The summed E-state index contributed by atoms with van der Waals surface area (Å²) >= 11 is 0. The van der Waals surface area contributed by atoms with Crippen LogP contribution in [0.2, 0.25) is 0 Å². The minimum absolute atomic E-state index is 0.321. The summed E-state index contributed by atoms with van der Waals surface area (Å²) in [6.07, 6.45) is 6.20. The minimum atomic E-state index is -3.39. The number of aromatic nitrogens is 1. The van der Waals surface area contributed by atoms with Crippen LogP contribution in [0.25, 0.3) is 0 Å². The van der Waals surface area contributed by atoms with E-state index in [1.807, 2.05) is 25.1 Å². The monoisotopic (exact) mass is 424 g/mol. The van der Waals surface area contributed by atoms with Crippen molar-refractivity contribution in [2.75, 3.05) is 11.0 Å². The maximum atomic E-state index is 13.7. The summed E-state index contributed by atoms with van der Waals surface area (Å²) in [5.41, 5.74) is 3.26. The van der Waals surface area contributed by atoms with Crippen molar-refractivity contribution < 1.29 is 12.8 Å². The number of nitrogens with zero attached hydrogens (tertiary/aromatic N) is 2. The quantitative estimate of drug-likeness (QED) is 0.657. The molecular weight excluding hydrogens is 403 g/mol. The number of benzene rings is 2. The first kappa shape index (κ1) is 20.0. The predicted octanol–water partition coefficient (Wildman–Crippen LogP) is 3.52. The number of sulfonamides is 1. The van der Waals surface area contributed by atoms with Gasteiger partial charge < -0.3 is 5.32 Å². The van der Waals surface area contributed by atoms with Crippen LogP contribution < -0.4 is 10.0 Å². The molecule has 0 saturated heterocycles. The Bertz CT molecular complexity index is 1200. The van der Waals surface area contributed by atoms with Crippen LogP contribution in [0.15, 0.2) is 72.0 Å². The molecule has 6 nitrogen and oxygen atoms in total. The van der Waals surface area contributed by atoms with E-state index < -0.39 is 15.6 Å². The second-order valence-corrected chi connectivity index (χ2v) is 9.07. The number of hydrogen-bond acceptors (Lipinski definition) is 5. The molecule has 30 heavy (non-hydrogen) atoms. The molecule has 8 heteroatoms. The molecule has 2 N–H and O–H groups in total. The lowest BCUT2D eigenvalue weighted by atomic mass is 9.74. The lowest BCUT2D eigenvalue weighted by molar-refractivity contribution is 0.421. The second-order valence-electron chi connectivity index (χ2n) is 7.32. The van der Waals surface area contributed by atoms with Crippen molar-refractivity contribution in [2.24, 2.45) is 4.99 Å². The molecule has 0 aliphatic carbocycles. The molecule has 2 unspecified atom stereocenters. The van der Waals surface area contributed by atoms with Gasteiger partial charge in [-0.25, -0.2) is 12.8 Å². The van der Waals surface area contributed by atoms with Crippen LogP contribution in [0.5, 0.6) is 0 Å². The Morgan fingerprint density at radius 1 is 1.07 bits per heavy atom. The third-order valence-electron chi connectivity index (χ3n) is 5.20. The largest absolute Gasteiger partial charge is 0.361 e. The Hall–Kier alpha value is -3.26. The minimum Gasteiger partial charge on any atom is -0.361 e. The third kappa shape index (κ3) is 3.66. The molecule has 2 heterocycles. The van der Waals surface area contributed by atoms with Crippen molar-refractivity contribution in [3.63, 3.8) is 0 Å². The average Bonchev–Trinajstić information content (AvgIpc) is 3.13. The topological polar surface area (TPSA) is 83.5 Å². The van der Waals surface area contributed by atoms with Crippen LogP contribution in [-0.4, -0.2) is 26.0 Å². The number of aliphatic imine (C=N–C) groups is 1. The number of anilines is 1. The van der Waals surface area contributed by atoms with Crippen LogP contribution in [-0.2, 0) is 15.6 Å².